The van der Waals surface area contributed by atoms with E-state index >= 15 is 0 Å². The SMILES string of the molecule is NC(=O)CC(NC(=O)c1c(F)c(F)cc(F)c1F)C1CCOCC1. The monoisotopic (exact) mass is 348 g/mol. The minimum absolute atomic E-state index is 0.0147. The fourth-order valence-corrected chi connectivity index (χ4v) is 2.68. The lowest BCUT2D eigenvalue weighted by Gasteiger charge is -2.30. The zero-order valence-electron chi connectivity index (χ0n) is 12.6. The normalized spacial score (nSPS) is 16.7. The van der Waals surface area contributed by atoms with Crippen LogP contribution in [0.15, 0.2) is 6.07 Å². The van der Waals surface area contributed by atoms with Crippen molar-refractivity contribution >= 4 is 11.8 Å². The number of primary amides is 1. The number of hydrogen-bond acceptors (Lipinski definition) is 3. The zero-order chi connectivity index (χ0) is 17.9. The number of halogens is 4. The van der Waals surface area contributed by atoms with Crippen LogP contribution < -0.4 is 11.1 Å². The molecule has 1 unspecified atom stereocenters. The van der Waals surface area contributed by atoms with Crippen molar-refractivity contribution in [2.24, 2.45) is 11.7 Å². The minimum atomic E-state index is -1.80. The lowest BCUT2D eigenvalue weighted by molar-refractivity contribution is -0.118. The Bertz CT molecular complexity index is 622. The largest absolute Gasteiger partial charge is 0.381 e. The van der Waals surface area contributed by atoms with Crippen molar-refractivity contribution in [2.75, 3.05) is 13.2 Å². The molecule has 1 saturated heterocycles. The Morgan fingerprint density at radius 1 is 1.17 bits per heavy atom. The first-order valence-electron chi connectivity index (χ1n) is 7.31. The summed E-state index contributed by atoms with van der Waals surface area (Å²) in [6, 6.07) is -0.801. The molecule has 1 atom stereocenters. The summed E-state index contributed by atoms with van der Waals surface area (Å²) in [5.41, 5.74) is 3.77. The second-order valence-electron chi connectivity index (χ2n) is 5.54. The molecule has 9 heteroatoms. The molecular weight excluding hydrogens is 332 g/mol. The van der Waals surface area contributed by atoms with Crippen LogP contribution in [0.4, 0.5) is 17.6 Å². The Morgan fingerprint density at radius 2 is 1.71 bits per heavy atom. The van der Waals surface area contributed by atoms with Gasteiger partial charge in [-0.3, -0.25) is 9.59 Å². The summed E-state index contributed by atoms with van der Waals surface area (Å²) in [6.45, 7) is 0.792. The van der Waals surface area contributed by atoms with Crippen LogP contribution in [0.2, 0.25) is 0 Å². The van der Waals surface area contributed by atoms with Crippen molar-refractivity contribution < 1.29 is 31.9 Å². The number of amides is 2. The Hall–Kier alpha value is -2.16. The molecule has 24 heavy (non-hydrogen) atoms. The maximum Gasteiger partial charge on any atom is 0.257 e. The molecule has 132 valence electrons. The summed E-state index contributed by atoms with van der Waals surface area (Å²) in [6.07, 6.45) is 0.735. The third-order valence-corrected chi connectivity index (χ3v) is 3.91. The van der Waals surface area contributed by atoms with Gasteiger partial charge < -0.3 is 15.8 Å². The predicted molar refractivity (Wildman–Crippen MR) is 74.9 cm³/mol. The molecule has 1 heterocycles. The molecule has 1 aromatic rings. The van der Waals surface area contributed by atoms with Gasteiger partial charge in [-0.2, -0.15) is 0 Å². The maximum atomic E-state index is 13.7. The van der Waals surface area contributed by atoms with Crippen molar-refractivity contribution in [1.82, 2.24) is 5.32 Å². The Balaban J connectivity index is 2.26. The molecule has 3 N–H and O–H groups in total. The van der Waals surface area contributed by atoms with E-state index in [1.54, 1.807) is 0 Å². The van der Waals surface area contributed by atoms with Crippen LogP contribution in [0.25, 0.3) is 0 Å². The Kier molecular flexibility index (Phi) is 5.76. The molecule has 1 aliphatic rings. The topological polar surface area (TPSA) is 81.4 Å². The fraction of sp³-hybridized carbons (Fsp3) is 0.467. The summed E-state index contributed by atoms with van der Waals surface area (Å²) in [7, 11) is 0. The smallest absolute Gasteiger partial charge is 0.257 e. The predicted octanol–water partition coefficient (Wildman–Crippen LogP) is 1.64. The third-order valence-electron chi connectivity index (χ3n) is 3.91. The number of hydrogen-bond donors (Lipinski definition) is 2. The first-order valence-corrected chi connectivity index (χ1v) is 7.31. The summed E-state index contributed by atoms with van der Waals surface area (Å²) >= 11 is 0. The average molecular weight is 348 g/mol. The van der Waals surface area contributed by atoms with Crippen molar-refractivity contribution in [3.05, 3.63) is 34.9 Å². The van der Waals surface area contributed by atoms with E-state index in [0.29, 0.717) is 26.1 Å². The number of rotatable bonds is 5. The van der Waals surface area contributed by atoms with Gasteiger partial charge in [0.2, 0.25) is 5.91 Å². The molecule has 0 spiro atoms. The summed E-state index contributed by atoms with van der Waals surface area (Å²) in [4.78, 5) is 23.3. The fourth-order valence-electron chi connectivity index (χ4n) is 2.68. The van der Waals surface area contributed by atoms with E-state index in [0.717, 1.165) is 0 Å². The van der Waals surface area contributed by atoms with Crippen molar-refractivity contribution in [1.29, 1.82) is 0 Å². The highest BCUT2D eigenvalue weighted by molar-refractivity contribution is 5.95. The van der Waals surface area contributed by atoms with Gasteiger partial charge in [-0.05, 0) is 18.8 Å². The van der Waals surface area contributed by atoms with Gasteiger partial charge in [0.1, 0.15) is 5.56 Å². The molecule has 1 aliphatic heterocycles. The zero-order valence-corrected chi connectivity index (χ0v) is 12.6. The minimum Gasteiger partial charge on any atom is -0.381 e. The highest BCUT2D eigenvalue weighted by Crippen LogP contribution is 2.23. The average Bonchev–Trinajstić information content (AvgIpc) is 2.53. The molecule has 0 bridgehead atoms. The molecule has 0 saturated carbocycles. The summed E-state index contributed by atoms with van der Waals surface area (Å²) < 4.78 is 59.0. The van der Waals surface area contributed by atoms with Gasteiger partial charge in [-0.15, -0.1) is 0 Å². The third kappa shape index (κ3) is 4.02. The first kappa shape index (κ1) is 18.2. The van der Waals surface area contributed by atoms with E-state index < -0.39 is 46.7 Å². The number of ether oxygens (including phenoxy) is 1. The quantitative estimate of drug-likeness (QED) is 0.627. The number of carbonyl (C=O) groups excluding carboxylic acids is 2. The number of carbonyl (C=O) groups is 2. The molecular formula is C15H16F4N2O3. The van der Waals surface area contributed by atoms with Crippen LogP contribution in [0.5, 0.6) is 0 Å². The van der Waals surface area contributed by atoms with E-state index in [2.05, 4.69) is 5.32 Å². The first-order chi connectivity index (χ1) is 11.3. The van der Waals surface area contributed by atoms with Gasteiger partial charge in [0, 0.05) is 31.7 Å². The van der Waals surface area contributed by atoms with Gasteiger partial charge in [0.15, 0.2) is 23.3 Å². The molecule has 2 rings (SSSR count). The molecule has 2 amide bonds. The summed E-state index contributed by atoms with van der Waals surface area (Å²) in [5, 5.41) is 2.26. The second kappa shape index (κ2) is 7.61. The molecule has 0 aliphatic carbocycles. The molecule has 5 nitrogen and oxygen atoms in total. The number of nitrogens with one attached hydrogen (secondary N) is 1. The standard InChI is InChI=1S/C15H16F4N2O3/c16-8-5-9(17)14(19)12(13(8)18)15(23)21-10(6-11(20)22)7-1-3-24-4-2-7/h5,7,10H,1-4,6H2,(H2,20,22)(H,21,23). The molecule has 1 fully saturated rings. The van der Waals surface area contributed by atoms with Gasteiger partial charge in [-0.1, -0.05) is 0 Å². The maximum absolute atomic E-state index is 13.7. The second-order valence-corrected chi connectivity index (χ2v) is 5.54. The van der Waals surface area contributed by atoms with E-state index in [-0.39, 0.29) is 18.4 Å². The Morgan fingerprint density at radius 3 is 2.21 bits per heavy atom. The van der Waals surface area contributed by atoms with Gasteiger partial charge in [0.25, 0.3) is 5.91 Å². The highest BCUT2D eigenvalue weighted by atomic mass is 19.2. The van der Waals surface area contributed by atoms with Crippen LogP contribution in [0.1, 0.15) is 29.6 Å². The van der Waals surface area contributed by atoms with E-state index in [1.807, 2.05) is 0 Å². The van der Waals surface area contributed by atoms with Crippen molar-refractivity contribution in [3.8, 4) is 0 Å². The lowest BCUT2D eigenvalue weighted by atomic mass is 9.89. The lowest BCUT2D eigenvalue weighted by Crippen LogP contribution is -2.45. The number of benzene rings is 1. The van der Waals surface area contributed by atoms with Gasteiger partial charge >= 0.3 is 0 Å². The van der Waals surface area contributed by atoms with Gasteiger partial charge in [0.05, 0.1) is 0 Å². The number of nitrogens with two attached hydrogens (primary N) is 1. The van der Waals surface area contributed by atoms with Crippen LogP contribution in [-0.2, 0) is 9.53 Å². The highest BCUT2D eigenvalue weighted by Gasteiger charge is 2.31. The van der Waals surface area contributed by atoms with Gasteiger partial charge in [-0.25, -0.2) is 17.6 Å². The van der Waals surface area contributed by atoms with Crippen LogP contribution >= 0.6 is 0 Å². The van der Waals surface area contributed by atoms with E-state index in [1.165, 1.54) is 0 Å². The van der Waals surface area contributed by atoms with E-state index in [4.69, 9.17) is 10.5 Å². The molecule has 0 radical (unpaired) electrons. The molecule has 1 aromatic carbocycles. The van der Waals surface area contributed by atoms with Crippen LogP contribution in [0, 0.1) is 29.2 Å². The van der Waals surface area contributed by atoms with Crippen LogP contribution in [0.3, 0.4) is 0 Å². The summed E-state index contributed by atoms with van der Waals surface area (Å²) in [5.74, 6) is -9.24. The van der Waals surface area contributed by atoms with E-state index in [9.17, 15) is 27.2 Å². The molecule has 0 aromatic heterocycles. The van der Waals surface area contributed by atoms with Crippen molar-refractivity contribution in [2.45, 2.75) is 25.3 Å². The van der Waals surface area contributed by atoms with Crippen molar-refractivity contribution in [3.63, 3.8) is 0 Å². The Labute approximate surface area is 135 Å². The van der Waals surface area contributed by atoms with Crippen LogP contribution in [-0.4, -0.2) is 31.1 Å².